The molecule has 0 aliphatic carbocycles. The zero-order valence-electron chi connectivity index (χ0n) is 18.7. The van der Waals surface area contributed by atoms with E-state index in [1.165, 1.54) is 24.3 Å². The number of carbonyl (C=O) groups excluding carboxylic acids is 1. The van der Waals surface area contributed by atoms with Gasteiger partial charge in [0.2, 0.25) is 5.91 Å². The second-order valence-corrected chi connectivity index (χ2v) is 8.51. The van der Waals surface area contributed by atoms with Gasteiger partial charge < -0.3 is 20.5 Å². The summed E-state index contributed by atoms with van der Waals surface area (Å²) in [6.45, 7) is 5.46. The molecule has 3 aromatic rings. The largest absolute Gasteiger partial charge is 0.340 e. The van der Waals surface area contributed by atoms with Crippen molar-refractivity contribution in [1.29, 1.82) is 0 Å². The lowest BCUT2D eigenvalue weighted by molar-refractivity contribution is -0.134. The van der Waals surface area contributed by atoms with Crippen LogP contribution in [0, 0.1) is 17.6 Å². The Kier molecular flexibility index (Phi) is 7.76. The van der Waals surface area contributed by atoms with Gasteiger partial charge in [-0.05, 0) is 60.9 Å². The number of nitrogens with zero attached hydrogens (tertiary/aromatic N) is 3. The van der Waals surface area contributed by atoms with E-state index in [0.29, 0.717) is 49.2 Å². The fourth-order valence-corrected chi connectivity index (χ4v) is 3.97. The normalized spacial score (nSPS) is 13.9. The molecule has 9 heteroatoms. The highest BCUT2D eigenvalue weighted by Gasteiger charge is 2.29. The molecule has 0 unspecified atom stereocenters. The Bertz CT molecular complexity index is 1100. The molecule has 0 bridgehead atoms. The maximum atomic E-state index is 13.5. The van der Waals surface area contributed by atoms with Crippen molar-refractivity contribution in [1.82, 2.24) is 14.5 Å². The van der Waals surface area contributed by atoms with Gasteiger partial charge >= 0.3 is 0 Å². The number of anilines is 2. The van der Waals surface area contributed by atoms with E-state index < -0.39 is 6.04 Å². The first kappa shape index (κ1) is 24.7. The van der Waals surface area contributed by atoms with Crippen LogP contribution in [-0.4, -0.2) is 32.9 Å². The van der Waals surface area contributed by atoms with Crippen LogP contribution >= 0.6 is 13.5 Å². The van der Waals surface area contributed by atoms with E-state index >= 15 is 0 Å². The van der Waals surface area contributed by atoms with Gasteiger partial charge in [0.05, 0.1) is 12.6 Å². The van der Waals surface area contributed by atoms with Crippen molar-refractivity contribution >= 4 is 30.9 Å². The highest BCUT2D eigenvalue weighted by molar-refractivity contribution is 7.59. The van der Waals surface area contributed by atoms with Crippen LogP contribution in [0.2, 0.25) is 0 Å². The van der Waals surface area contributed by atoms with E-state index in [9.17, 15) is 13.6 Å². The van der Waals surface area contributed by atoms with Crippen molar-refractivity contribution in [3.8, 4) is 11.3 Å². The van der Waals surface area contributed by atoms with Crippen molar-refractivity contribution in [3.05, 3.63) is 66.0 Å². The van der Waals surface area contributed by atoms with Crippen molar-refractivity contribution in [2.75, 3.05) is 11.9 Å². The van der Waals surface area contributed by atoms with Crippen LogP contribution in [0.1, 0.15) is 26.1 Å². The lowest BCUT2D eigenvalue weighted by Gasteiger charge is -2.31. The van der Waals surface area contributed by atoms with E-state index in [0.717, 1.165) is 11.4 Å². The monoisotopic (exact) mass is 473 g/mol. The molecular formula is C24H29F2N5OS. The molecule has 2 aromatic carbocycles. The number of hydrogen-bond donors (Lipinski definition) is 2. The molecule has 2 heterocycles. The van der Waals surface area contributed by atoms with E-state index in [-0.39, 0.29) is 31.0 Å². The molecule has 1 atom stereocenters. The number of halogens is 2. The SMILES string of the molecule is CC(C)C[C@H](N)C(=O)N1CCn2c(nc(-c3ccc(F)cc3)c2Nc2ccc(F)cc2)C1.S. The van der Waals surface area contributed by atoms with Crippen LogP contribution in [0.15, 0.2) is 48.5 Å². The molecule has 4 rings (SSSR count). The number of hydrogen-bond acceptors (Lipinski definition) is 4. The lowest BCUT2D eigenvalue weighted by Crippen LogP contribution is -2.47. The Morgan fingerprint density at radius 1 is 1.06 bits per heavy atom. The van der Waals surface area contributed by atoms with Crippen LogP contribution in [-0.2, 0) is 17.9 Å². The van der Waals surface area contributed by atoms with Gasteiger partial charge in [0, 0.05) is 24.3 Å². The average molecular weight is 474 g/mol. The molecule has 0 saturated heterocycles. The van der Waals surface area contributed by atoms with Gasteiger partial charge in [-0.2, -0.15) is 13.5 Å². The molecule has 33 heavy (non-hydrogen) atoms. The second kappa shape index (κ2) is 10.4. The summed E-state index contributed by atoms with van der Waals surface area (Å²) in [5.74, 6) is 1.03. The summed E-state index contributed by atoms with van der Waals surface area (Å²) in [7, 11) is 0. The number of carbonyl (C=O) groups is 1. The van der Waals surface area contributed by atoms with E-state index in [1.807, 2.05) is 18.4 Å². The highest BCUT2D eigenvalue weighted by Crippen LogP contribution is 2.33. The zero-order valence-corrected chi connectivity index (χ0v) is 19.7. The Labute approximate surface area is 199 Å². The Morgan fingerprint density at radius 3 is 2.27 bits per heavy atom. The number of fused-ring (bicyclic) bond motifs is 1. The predicted molar refractivity (Wildman–Crippen MR) is 131 cm³/mol. The third-order valence-corrected chi connectivity index (χ3v) is 5.55. The standard InChI is InChI=1S/C24H27F2N5O.H2S/c1-15(2)13-20(27)24(32)30-11-12-31-21(14-30)29-22(16-3-5-17(25)6-4-16)23(31)28-19-9-7-18(26)8-10-19;/h3-10,15,20,28H,11-14,27H2,1-2H3;1H2/t20-;/m0./s1. The van der Waals surface area contributed by atoms with E-state index in [2.05, 4.69) is 5.32 Å². The minimum absolute atomic E-state index is 0. The molecule has 0 radical (unpaired) electrons. The summed E-state index contributed by atoms with van der Waals surface area (Å²) < 4.78 is 28.9. The van der Waals surface area contributed by atoms with Gasteiger partial charge in [-0.3, -0.25) is 4.79 Å². The minimum Gasteiger partial charge on any atom is -0.340 e. The molecule has 0 saturated carbocycles. The Balaban J connectivity index is 0.00000306. The second-order valence-electron chi connectivity index (χ2n) is 8.51. The average Bonchev–Trinajstić information content (AvgIpc) is 3.12. The first-order chi connectivity index (χ1) is 15.3. The molecule has 0 spiro atoms. The molecule has 0 fully saturated rings. The fraction of sp³-hybridized carbons (Fsp3) is 0.333. The third kappa shape index (κ3) is 5.54. The van der Waals surface area contributed by atoms with Crippen LogP contribution in [0.5, 0.6) is 0 Å². The Morgan fingerprint density at radius 2 is 1.67 bits per heavy atom. The number of imidazole rings is 1. The predicted octanol–water partition coefficient (Wildman–Crippen LogP) is 4.40. The number of amides is 1. The molecule has 1 aliphatic rings. The summed E-state index contributed by atoms with van der Waals surface area (Å²) in [6.07, 6.45) is 0.627. The molecular weight excluding hydrogens is 444 g/mol. The fourth-order valence-electron chi connectivity index (χ4n) is 3.97. The van der Waals surface area contributed by atoms with Crippen LogP contribution < -0.4 is 11.1 Å². The van der Waals surface area contributed by atoms with Gasteiger partial charge in [-0.1, -0.05) is 13.8 Å². The smallest absolute Gasteiger partial charge is 0.239 e. The summed E-state index contributed by atoms with van der Waals surface area (Å²) in [5, 5.41) is 3.33. The van der Waals surface area contributed by atoms with Gasteiger partial charge in [-0.15, -0.1) is 0 Å². The lowest BCUT2D eigenvalue weighted by atomic mass is 10.0. The topological polar surface area (TPSA) is 76.2 Å². The summed E-state index contributed by atoms with van der Waals surface area (Å²) in [5.41, 5.74) is 8.22. The minimum atomic E-state index is -0.537. The zero-order chi connectivity index (χ0) is 22.8. The first-order valence-electron chi connectivity index (χ1n) is 10.7. The third-order valence-electron chi connectivity index (χ3n) is 5.55. The van der Waals surface area contributed by atoms with E-state index in [1.54, 1.807) is 29.2 Å². The first-order valence-corrected chi connectivity index (χ1v) is 10.7. The van der Waals surface area contributed by atoms with Crippen LogP contribution in [0.25, 0.3) is 11.3 Å². The maximum absolute atomic E-state index is 13.5. The van der Waals surface area contributed by atoms with Crippen molar-refractivity contribution < 1.29 is 13.6 Å². The van der Waals surface area contributed by atoms with Crippen molar-refractivity contribution in [2.45, 2.75) is 39.4 Å². The molecule has 1 amide bonds. The van der Waals surface area contributed by atoms with Gasteiger partial charge in [0.1, 0.15) is 29.0 Å². The van der Waals surface area contributed by atoms with Crippen LogP contribution in [0.4, 0.5) is 20.3 Å². The molecule has 3 N–H and O–H groups in total. The Hall–Kier alpha value is -2.91. The number of rotatable bonds is 6. The molecule has 1 aromatic heterocycles. The number of aromatic nitrogens is 2. The van der Waals surface area contributed by atoms with Gasteiger partial charge in [0.25, 0.3) is 0 Å². The van der Waals surface area contributed by atoms with Crippen molar-refractivity contribution in [3.63, 3.8) is 0 Å². The summed E-state index contributed by atoms with van der Waals surface area (Å²) >= 11 is 0. The summed E-state index contributed by atoms with van der Waals surface area (Å²) in [4.78, 5) is 19.4. The van der Waals surface area contributed by atoms with Gasteiger partial charge in [0.15, 0.2) is 0 Å². The van der Waals surface area contributed by atoms with Crippen molar-refractivity contribution in [2.24, 2.45) is 11.7 Å². The molecule has 176 valence electrons. The molecule has 1 aliphatic heterocycles. The summed E-state index contributed by atoms with van der Waals surface area (Å²) in [6, 6.07) is 11.6. The molecule has 6 nitrogen and oxygen atoms in total. The van der Waals surface area contributed by atoms with E-state index in [4.69, 9.17) is 10.7 Å². The number of nitrogens with two attached hydrogens (primary N) is 1. The van der Waals surface area contributed by atoms with Crippen LogP contribution in [0.3, 0.4) is 0 Å². The number of benzene rings is 2. The van der Waals surface area contributed by atoms with Gasteiger partial charge in [-0.25, -0.2) is 13.8 Å². The number of nitrogens with one attached hydrogen (secondary N) is 1. The maximum Gasteiger partial charge on any atom is 0.239 e. The quantitative estimate of drug-likeness (QED) is 0.556. The highest BCUT2D eigenvalue weighted by atomic mass is 32.1.